The van der Waals surface area contributed by atoms with Crippen LogP contribution in [0.25, 0.3) is 0 Å². The molecule has 0 radical (unpaired) electrons. The minimum absolute atomic E-state index is 0.0172. The number of aliphatic hydroxyl groups is 4. The highest BCUT2D eigenvalue weighted by Crippen LogP contribution is 2.35. The summed E-state index contributed by atoms with van der Waals surface area (Å²) in [5, 5.41) is 39.7. The van der Waals surface area contributed by atoms with E-state index in [1.807, 2.05) is 0 Å². The average Bonchev–Trinajstić information content (AvgIpc) is 2.73. The molecule has 0 aromatic heterocycles. The van der Waals surface area contributed by atoms with Gasteiger partial charge in [-0.25, -0.2) is 0 Å². The zero-order chi connectivity index (χ0) is 20.3. The highest BCUT2D eigenvalue weighted by Gasteiger charge is 2.44. The molecule has 0 amide bonds. The van der Waals surface area contributed by atoms with Crippen molar-refractivity contribution in [3.8, 4) is 18.1 Å². The van der Waals surface area contributed by atoms with Crippen molar-refractivity contribution in [3.63, 3.8) is 0 Å². The molecule has 1 heterocycles. The number of rotatable bonds is 5. The van der Waals surface area contributed by atoms with Gasteiger partial charge in [-0.05, 0) is 43.4 Å². The van der Waals surface area contributed by atoms with Crippen LogP contribution in [0.4, 0.5) is 0 Å². The van der Waals surface area contributed by atoms with Gasteiger partial charge in [-0.2, -0.15) is 0 Å². The molecular formula is C21H28O7. The molecular weight excluding hydrogens is 364 g/mol. The molecule has 2 fully saturated rings. The molecule has 1 aromatic carbocycles. The fraction of sp³-hybridized carbons (Fsp3) is 0.619. The first-order valence-corrected chi connectivity index (χ1v) is 9.59. The molecule has 3 rings (SSSR count). The van der Waals surface area contributed by atoms with Gasteiger partial charge in [0.2, 0.25) is 0 Å². The standard InChI is InChI=1S/C21H28O7/c1-3-12-4-5-13(21-20(25)19(24)18(23)17(11-22)28-21)10-16(12)27-15-8-6-14(26-2)7-9-15/h1,4-5,10,14-15,17-25H,6-9,11H2,2H3/t14?,15?,17-,18-,19+,20-,21+/m1/s1. The van der Waals surface area contributed by atoms with E-state index in [-0.39, 0.29) is 12.2 Å². The van der Waals surface area contributed by atoms with Gasteiger partial charge in [0.25, 0.3) is 0 Å². The lowest BCUT2D eigenvalue weighted by molar-refractivity contribution is -0.231. The average molecular weight is 392 g/mol. The van der Waals surface area contributed by atoms with E-state index in [0.717, 1.165) is 25.7 Å². The van der Waals surface area contributed by atoms with Crippen molar-refractivity contribution in [2.75, 3.05) is 13.7 Å². The molecule has 1 aliphatic carbocycles. The van der Waals surface area contributed by atoms with Gasteiger partial charge in [0.15, 0.2) is 0 Å². The predicted molar refractivity (Wildman–Crippen MR) is 101 cm³/mol. The van der Waals surface area contributed by atoms with Crippen LogP contribution in [-0.2, 0) is 9.47 Å². The third-order valence-electron chi connectivity index (χ3n) is 5.63. The number of hydrogen-bond donors (Lipinski definition) is 4. The Labute approximate surface area is 164 Å². The largest absolute Gasteiger partial charge is 0.489 e. The van der Waals surface area contributed by atoms with E-state index in [1.165, 1.54) is 0 Å². The molecule has 0 spiro atoms. The van der Waals surface area contributed by atoms with Crippen molar-refractivity contribution < 1.29 is 34.6 Å². The quantitative estimate of drug-likeness (QED) is 0.541. The first-order chi connectivity index (χ1) is 13.5. The van der Waals surface area contributed by atoms with E-state index in [2.05, 4.69) is 5.92 Å². The molecule has 0 unspecified atom stereocenters. The van der Waals surface area contributed by atoms with Crippen molar-refractivity contribution in [3.05, 3.63) is 29.3 Å². The molecule has 7 nitrogen and oxygen atoms in total. The molecule has 154 valence electrons. The summed E-state index contributed by atoms with van der Waals surface area (Å²) < 4.78 is 17.2. The van der Waals surface area contributed by atoms with Crippen molar-refractivity contribution >= 4 is 0 Å². The number of aliphatic hydroxyl groups excluding tert-OH is 4. The Bertz CT molecular complexity index is 690. The molecule has 4 N–H and O–H groups in total. The van der Waals surface area contributed by atoms with E-state index >= 15 is 0 Å². The molecule has 0 bridgehead atoms. The zero-order valence-corrected chi connectivity index (χ0v) is 15.9. The Morgan fingerprint density at radius 1 is 1.07 bits per heavy atom. The van der Waals surface area contributed by atoms with Gasteiger partial charge in [0, 0.05) is 7.11 Å². The molecule has 1 saturated carbocycles. The monoisotopic (exact) mass is 392 g/mol. The maximum Gasteiger partial charge on any atom is 0.135 e. The number of methoxy groups -OCH3 is 1. The van der Waals surface area contributed by atoms with Gasteiger partial charge in [-0.15, -0.1) is 6.42 Å². The van der Waals surface area contributed by atoms with Crippen molar-refractivity contribution in [1.82, 2.24) is 0 Å². The summed E-state index contributed by atoms with van der Waals surface area (Å²) in [6.07, 6.45) is 3.35. The summed E-state index contributed by atoms with van der Waals surface area (Å²) in [5.74, 6) is 3.11. The van der Waals surface area contributed by atoms with Gasteiger partial charge >= 0.3 is 0 Å². The second-order valence-corrected chi connectivity index (χ2v) is 7.40. The lowest BCUT2D eigenvalue weighted by Crippen LogP contribution is -2.55. The summed E-state index contributed by atoms with van der Waals surface area (Å²) in [6, 6.07) is 5.09. The number of ether oxygens (including phenoxy) is 3. The van der Waals surface area contributed by atoms with Crippen molar-refractivity contribution in [2.45, 2.75) is 68.4 Å². The Morgan fingerprint density at radius 2 is 1.75 bits per heavy atom. The minimum atomic E-state index is -1.43. The zero-order valence-electron chi connectivity index (χ0n) is 15.9. The third kappa shape index (κ3) is 4.33. The number of benzene rings is 1. The van der Waals surface area contributed by atoms with E-state index in [9.17, 15) is 20.4 Å². The molecule has 1 aromatic rings. The Hall–Kier alpha value is -1.66. The van der Waals surface area contributed by atoms with Gasteiger partial charge < -0.3 is 34.6 Å². The molecule has 1 aliphatic heterocycles. The molecule has 7 heteroatoms. The molecule has 1 saturated heterocycles. The van der Waals surface area contributed by atoms with Gasteiger partial charge in [-0.1, -0.05) is 12.0 Å². The Kier molecular flexibility index (Phi) is 6.94. The normalized spacial score (nSPS) is 35.9. The third-order valence-corrected chi connectivity index (χ3v) is 5.63. The van der Waals surface area contributed by atoms with Gasteiger partial charge in [0.1, 0.15) is 36.3 Å². The van der Waals surface area contributed by atoms with Crippen LogP contribution < -0.4 is 4.74 Å². The predicted octanol–water partition coefficient (Wildman–Crippen LogP) is 0.519. The maximum absolute atomic E-state index is 10.4. The van der Waals surface area contributed by atoms with Crippen LogP contribution in [-0.4, -0.2) is 70.8 Å². The van der Waals surface area contributed by atoms with E-state index in [0.29, 0.717) is 16.9 Å². The second kappa shape index (κ2) is 9.23. The van der Waals surface area contributed by atoms with Crippen LogP contribution in [0.3, 0.4) is 0 Å². The Morgan fingerprint density at radius 3 is 2.36 bits per heavy atom. The molecule has 5 atom stereocenters. The first kappa shape index (κ1) is 21.1. The lowest BCUT2D eigenvalue weighted by atomic mass is 9.90. The highest BCUT2D eigenvalue weighted by molar-refractivity contribution is 5.48. The summed E-state index contributed by atoms with van der Waals surface area (Å²) in [5.41, 5.74) is 1.14. The number of hydrogen-bond acceptors (Lipinski definition) is 7. The van der Waals surface area contributed by atoms with Crippen LogP contribution in [0.2, 0.25) is 0 Å². The highest BCUT2D eigenvalue weighted by atomic mass is 16.5. The molecule has 28 heavy (non-hydrogen) atoms. The van der Waals surface area contributed by atoms with Crippen LogP contribution in [0, 0.1) is 12.3 Å². The lowest BCUT2D eigenvalue weighted by Gasteiger charge is -2.40. The topological polar surface area (TPSA) is 109 Å². The summed E-state index contributed by atoms with van der Waals surface area (Å²) in [4.78, 5) is 0. The van der Waals surface area contributed by atoms with Crippen LogP contribution in [0.1, 0.15) is 42.9 Å². The fourth-order valence-corrected chi connectivity index (χ4v) is 3.88. The second-order valence-electron chi connectivity index (χ2n) is 7.40. The van der Waals surface area contributed by atoms with Crippen molar-refractivity contribution in [2.24, 2.45) is 0 Å². The van der Waals surface area contributed by atoms with Gasteiger partial charge in [-0.3, -0.25) is 0 Å². The van der Waals surface area contributed by atoms with E-state index in [1.54, 1.807) is 25.3 Å². The van der Waals surface area contributed by atoms with Crippen LogP contribution in [0.5, 0.6) is 5.75 Å². The van der Waals surface area contributed by atoms with Crippen LogP contribution >= 0.6 is 0 Å². The fourth-order valence-electron chi connectivity index (χ4n) is 3.88. The van der Waals surface area contributed by atoms with Crippen LogP contribution in [0.15, 0.2) is 18.2 Å². The summed E-state index contributed by atoms with van der Waals surface area (Å²) >= 11 is 0. The smallest absolute Gasteiger partial charge is 0.135 e. The Balaban J connectivity index is 1.80. The minimum Gasteiger partial charge on any atom is -0.489 e. The van der Waals surface area contributed by atoms with Crippen molar-refractivity contribution in [1.29, 1.82) is 0 Å². The molecule has 2 aliphatic rings. The maximum atomic E-state index is 10.4. The first-order valence-electron chi connectivity index (χ1n) is 9.59. The van der Waals surface area contributed by atoms with E-state index < -0.39 is 37.1 Å². The SMILES string of the molecule is C#Cc1ccc([C@@H]2O[C@H](CO)[C@@H](O)[C@H](O)[C@H]2O)cc1OC1CCC(OC)CC1. The summed E-state index contributed by atoms with van der Waals surface area (Å²) in [6.45, 7) is -0.476. The summed E-state index contributed by atoms with van der Waals surface area (Å²) in [7, 11) is 1.71. The number of terminal acetylenes is 1. The van der Waals surface area contributed by atoms with Gasteiger partial charge in [0.05, 0.1) is 24.4 Å². The van der Waals surface area contributed by atoms with E-state index in [4.69, 9.17) is 20.6 Å².